The van der Waals surface area contributed by atoms with E-state index in [1.165, 1.54) is 17.8 Å². The number of amides is 6. The normalized spacial score (nSPS) is 16.2. The van der Waals surface area contributed by atoms with E-state index >= 15 is 0 Å². The van der Waals surface area contributed by atoms with Gasteiger partial charge in [-0.2, -0.15) is 0 Å². The van der Waals surface area contributed by atoms with Crippen LogP contribution in [0.1, 0.15) is 120 Å². The number of hydrogen-bond donors (Lipinski definition) is 5. The number of nitrogens with zero attached hydrogens (tertiary/aromatic N) is 5. The van der Waals surface area contributed by atoms with Crippen LogP contribution < -0.4 is 31.7 Å². The number of carbonyl (C=O) groups excluding carboxylic acids is 7. The molecule has 420 valence electrons. The Labute approximate surface area is 463 Å². The highest BCUT2D eigenvalue weighted by Crippen LogP contribution is 2.32. The number of unbranched alkanes of at least 4 members (excludes halogenated alkanes) is 2. The monoisotopic (exact) mass is 1180 g/mol. The summed E-state index contributed by atoms with van der Waals surface area (Å²) in [7, 11) is 0. The first-order valence-corrected chi connectivity index (χ1v) is 27.7. The van der Waals surface area contributed by atoms with E-state index in [1.54, 1.807) is 43.9 Å². The zero-order valence-corrected chi connectivity index (χ0v) is 46.7. The van der Waals surface area contributed by atoms with Crippen molar-refractivity contribution in [2.75, 3.05) is 65.5 Å². The highest BCUT2D eigenvalue weighted by atomic mass is 127. The van der Waals surface area contributed by atoms with E-state index in [-0.39, 0.29) is 42.5 Å². The molecule has 77 heavy (non-hydrogen) atoms. The van der Waals surface area contributed by atoms with Crippen molar-refractivity contribution >= 4 is 74.9 Å². The number of piperazine rings is 1. The van der Waals surface area contributed by atoms with Crippen LogP contribution >= 0.6 is 22.6 Å². The maximum absolute atomic E-state index is 13.9. The molecule has 0 aliphatic carbocycles. The molecule has 0 radical (unpaired) electrons. The molecule has 6 N–H and O–H groups in total. The standard InChI is InChI=1S/C55H75F2IN10O9/c1-54(2,3)77-53(75)45(14-6-8-26-62-47(69)15-9-12-38-18-20-39(58)21-19-38)65-49(71)17-10-16-48(70)64-44(13-5-7-25-59)52(74)67-31-29-66(30-32-67)28-11-33-76-40-22-23-43-42(34-40)41(24-27-61-43)51(73)63-36-50(72)68-37-55(56,57)35-46(68)60-4/h18-24,27,34,44-46H,5-17,25-26,28-33,35-37,59H2,1-3H3,(H,62,69)(H,63,73)(H,64,70)(H,65,71)/t44-,45-,46-/m0/s1. The largest absolute Gasteiger partial charge is 0.494 e. The molecule has 2 fully saturated rings. The van der Waals surface area contributed by atoms with Crippen molar-refractivity contribution in [3.63, 3.8) is 0 Å². The fraction of sp³-hybridized carbons (Fsp3) is 0.582. The van der Waals surface area contributed by atoms with Gasteiger partial charge in [0.25, 0.3) is 11.8 Å². The number of rotatable bonds is 29. The Morgan fingerprint density at radius 1 is 0.844 bits per heavy atom. The predicted octanol–water partition coefficient (Wildman–Crippen LogP) is 5.52. The van der Waals surface area contributed by atoms with Crippen molar-refractivity contribution in [1.82, 2.24) is 41.0 Å². The molecule has 6 amide bonds. The second kappa shape index (κ2) is 30.8. The maximum atomic E-state index is 13.9. The highest BCUT2D eigenvalue weighted by Gasteiger charge is 2.51. The van der Waals surface area contributed by atoms with Gasteiger partial charge in [-0.3, -0.25) is 48.4 Å². The number of aromatic nitrogens is 1. The quantitative estimate of drug-likeness (QED) is 0.0250. The summed E-state index contributed by atoms with van der Waals surface area (Å²) in [4.78, 5) is 104. The molecule has 2 aliphatic heterocycles. The molecule has 0 saturated carbocycles. The summed E-state index contributed by atoms with van der Waals surface area (Å²) in [5.41, 5.74) is 6.89. The summed E-state index contributed by atoms with van der Waals surface area (Å²) in [5.74, 6) is -5.58. The van der Waals surface area contributed by atoms with Gasteiger partial charge in [-0.05, 0) is 156 Å². The second-order valence-electron chi connectivity index (χ2n) is 20.5. The minimum absolute atomic E-state index is 0.00130. The molecule has 3 atom stereocenters. The third-order valence-corrected chi connectivity index (χ3v) is 13.8. The van der Waals surface area contributed by atoms with Gasteiger partial charge >= 0.3 is 12.1 Å². The number of nitrogens with one attached hydrogen (secondary N) is 4. The number of esters is 1. The average Bonchev–Trinajstić information content (AvgIpc) is 3.73. The van der Waals surface area contributed by atoms with E-state index in [9.17, 15) is 42.3 Å². The number of halogens is 3. The first kappa shape index (κ1) is 61.8. The van der Waals surface area contributed by atoms with Gasteiger partial charge in [0.2, 0.25) is 29.5 Å². The Hall–Kier alpha value is -6.06. The van der Waals surface area contributed by atoms with E-state index in [4.69, 9.17) is 21.8 Å². The third-order valence-electron chi connectivity index (χ3n) is 13.1. The third kappa shape index (κ3) is 21.4. The van der Waals surface area contributed by atoms with Crippen molar-refractivity contribution in [3.05, 3.63) is 80.8 Å². The SMILES string of the molecule is [C-]#[N+][C@@H]1CC(F)(F)CN1C(=O)CNC(=O)c1ccnc2ccc(OCCCN3CCN(C(=O)[C@H](CCCCN)NC(=O)CCCC(=O)N[C@@H](CCCCNC(=O)CCCc4ccc(I)cc4)C(=O)OC(C)(C)C)CC3)cc12. The number of aryl methyl sites for hydroxylation is 1. The minimum Gasteiger partial charge on any atom is -0.494 e. The maximum Gasteiger partial charge on any atom is 0.329 e. The number of nitrogens with two attached hydrogens (primary N) is 1. The molecule has 3 heterocycles. The topological polar surface area (TPSA) is 239 Å². The molecular weight excluding hydrogens is 1110 g/mol. The number of benzene rings is 2. The Balaban J connectivity index is 1.00. The lowest BCUT2D eigenvalue weighted by Crippen LogP contribution is -2.55. The number of carbonyl (C=O) groups is 7. The number of alkyl halides is 2. The van der Waals surface area contributed by atoms with Gasteiger partial charge in [0.1, 0.15) is 29.9 Å². The van der Waals surface area contributed by atoms with Crippen molar-refractivity contribution in [3.8, 4) is 5.75 Å². The molecule has 1 aromatic heterocycles. The lowest BCUT2D eigenvalue weighted by molar-refractivity contribution is -0.159. The van der Waals surface area contributed by atoms with Gasteiger partial charge in [-0.1, -0.05) is 12.1 Å². The second-order valence-corrected chi connectivity index (χ2v) is 21.8. The lowest BCUT2D eigenvalue weighted by atomic mass is 10.1. The van der Waals surface area contributed by atoms with Crippen molar-refractivity contribution in [2.24, 2.45) is 5.73 Å². The fourth-order valence-corrected chi connectivity index (χ4v) is 9.39. The molecule has 22 heteroatoms. The molecule has 0 spiro atoms. The van der Waals surface area contributed by atoms with Gasteiger partial charge in [0.05, 0.1) is 30.8 Å². The van der Waals surface area contributed by atoms with Crippen LogP contribution in [0.4, 0.5) is 8.78 Å². The Kier molecular flexibility index (Phi) is 24.7. The van der Waals surface area contributed by atoms with E-state index in [2.05, 4.69) is 70.7 Å². The molecule has 0 bridgehead atoms. The van der Waals surface area contributed by atoms with E-state index in [1.807, 2.05) is 12.1 Å². The number of pyridine rings is 1. The average molecular weight is 1190 g/mol. The van der Waals surface area contributed by atoms with Gasteiger partial charge in [0.15, 0.2) is 0 Å². The van der Waals surface area contributed by atoms with Crippen LogP contribution in [-0.4, -0.2) is 156 Å². The first-order valence-electron chi connectivity index (χ1n) is 26.6. The van der Waals surface area contributed by atoms with Crippen molar-refractivity contribution in [2.45, 2.75) is 140 Å². The first-order chi connectivity index (χ1) is 36.7. The van der Waals surface area contributed by atoms with Crippen molar-refractivity contribution < 1.29 is 51.8 Å². The van der Waals surface area contributed by atoms with Crippen LogP contribution in [-0.2, 0) is 39.9 Å². The fourth-order valence-electron chi connectivity index (χ4n) is 9.03. The van der Waals surface area contributed by atoms with Crippen LogP contribution in [0.5, 0.6) is 5.75 Å². The Morgan fingerprint density at radius 3 is 2.21 bits per heavy atom. The Morgan fingerprint density at radius 2 is 1.52 bits per heavy atom. The van der Waals surface area contributed by atoms with E-state index < -0.39 is 73.0 Å². The van der Waals surface area contributed by atoms with Crippen LogP contribution in [0.25, 0.3) is 15.7 Å². The molecule has 19 nitrogen and oxygen atoms in total. The summed E-state index contributed by atoms with van der Waals surface area (Å²) in [6, 6.07) is 13.2. The zero-order valence-electron chi connectivity index (χ0n) is 44.5. The molecule has 2 saturated heterocycles. The van der Waals surface area contributed by atoms with Crippen molar-refractivity contribution in [1.29, 1.82) is 0 Å². The lowest BCUT2D eigenvalue weighted by Gasteiger charge is -2.36. The number of fused-ring (bicyclic) bond motifs is 1. The number of hydrogen-bond acceptors (Lipinski definition) is 12. The highest BCUT2D eigenvalue weighted by molar-refractivity contribution is 14.1. The summed E-state index contributed by atoms with van der Waals surface area (Å²) in [6.07, 6.45) is 5.44. The summed E-state index contributed by atoms with van der Waals surface area (Å²) < 4.78 is 40.6. The van der Waals surface area contributed by atoms with Gasteiger partial charge in [0, 0.05) is 73.7 Å². The Bertz CT molecular complexity index is 2520. The van der Waals surface area contributed by atoms with Crippen LogP contribution in [0.2, 0.25) is 0 Å². The van der Waals surface area contributed by atoms with Crippen LogP contribution in [0.3, 0.4) is 0 Å². The van der Waals surface area contributed by atoms with Gasteiger partial charge in [-0.25, -0.2) is 20.1 Å². The molecule has 0 unspecified atom stereocenters. The summed E-state index contributed by atoms with van der Waals surface area (Å²) in [6.45, 7) is 15.1. The van der Waals surface area contributed by atoms with E-state index in [0.717, 1.165) is 21.3 Å². The minimum atomic E-state index is -3.16. The van der Waals surface area contributed by atoms with E-state index in [0.29, 0.717) is 120 Å². The van der Waals surface area contributed by atoms with Gasteiger partial charge < -0.3 is 41.4 Å². The summed E-state index contributed by atoms with van der Waals surface area (Å²) >= 11 is 2.26. The number of likely N-dealkylation sites (tertiary alicyclic amines) is 1. The molecule has 2 aromatic carbocycles. The molecule has 3 aromatic rings. The summed E-state index contributed by atoms with van der Waals surface area (Å²) in [5, 5.41) is 11.6. The van der Waals surface area contributed by atoms with Crippen LogP contribution in [0.15, 0.2) is 54.7 Å². The van der Waals surface area contributed by atoms with Gasteiger partial charge in [-0.15, -0.1) is 0 Å². The predicted molar refractivity (Wildman–Crippen MR) is 294 cm³/mol. The zero-order chi connectivity index (χ0) is 56.0. The molecular formula is C55H75F2IN10O9. The van der Waals surface area contributed by atoms with Crippen LogP contribution in [0, 0.1) is 10.1 Å². The smallest absolute Gasteiger partial charge is 0.329 e. The molecule has 2 aliphatic rings. The molecule has 5 rings (SSSR count). The number of ether oxygens (including phenoxy) is 2.